The Kier molecular flexibility index (Phi) is 5.64. The molecule has 0 aromatic heterocycles. The largest absolute Gasteiger partial charge is 0.420 e. The van der Waals surface area contributed by atoms with E-state index in [-0.39, 0.29) is 5.69 Å². The van der Waals surface area contributed by atoms with E-state index < -0.39 is 23.1 Å². The summed E-state index contributed by atoms with van der Waals surface area (Å²) in [6, 6.07) is 12.2. The molecule has 148 valence electrons. The third kappa shape index (κ3) is 3.99. The monoisotopic (exact) mass is 390 g/mol. The lowest BCUT2D eigenvalue weighted by Gasteiger charge is -2.34. The van der Waals surface area contributed by atoms with E-state index in [0.29, 0.717) is 24.9 Å². The lowest BCUT2D eigenvalue weighted by molar-refractivity contribution is -0.140. The lowest BCUT2D eigenvalue weighted by Crippen LogP contribution is -2.34. The van der Waals surface area contributed by atoms with Gasteiger partial charge in [0.1, 0.15) is 5.56 Å². The number of nitrogens with zero attached hydrogens (tertiary/aromatic N) is 2. The number of hydrogen-bond acceptors (Lipinski definition) is 2. The van der Waals surface area contributed by atoms with E-state index in [2.05, 4.69) is 38.1 Å². The highest BCUT2D eigenvalue weighted by Crippen LogP contribution is 2.39. The summed E-state index contributed by atoms with van der Waals surface area (Å²) in [6.45, 7) is 5.21. The number of hydrogen-bond donors (Lipinski definition) is 0. The van der Waals surface area contributed by atoms with Crippen LogP contribution in [0, 0.1) is 17.1 Å². The van der Waals surface area contributed by atoms with Gasteiger partial charge in [-0.3, -0.25) is 0 Å². The van der Waals surface area contributed by atoms with Gasteiger partial charge in [0.2, 0.25) is 0 Å². The Morgan fingerprint density at radius 1 is 1.04 bits per heavy atom. The molecule has 6 heteroatoms. The van der Waals surface area contributed by atoms with Crippen LogP contribution in [0.15, 0.2) is 36.4 Å². The van der Waals surface area contributed by atoms with Crippen molar-refractivity contribution in [2.24, 2.45) is 0 Å². The number of halogens is 4. The van der Waals surface area contributed by atoms with Crippen LogP contribution < -0.4 is 4.90 Å². The predicted octanol–water partition coefficient (Wildman–Crippen LogP) is 6.22. The fourth-order valence-electron chi connectivity index (χ4n) is 3.79. The third-order valence-corrected chi connectivity index (χ3v) is 5.44. The highest BCUT2D eigenvalue weighted by atomic mass is 19.4. The summed E-state index contributed by atoms with van der Waals surface area (Å²) < 4.78 is 54.2. The van der Waals surface area contributed by atoms with Crippen LogP contribution in [0.3, 0.4) is 0 Å². The number of alkyl halides is 3. The molecule has 2 nitrogen and oxygen atoms in total. The average molecular weight is 390 g/mol. The van der Waals surface area contributed by atoms with Crippen LogP contribution in [0.5, 0.6) is 0 Å². The molecule has 0 radical (unpaired) electrons. The molecule has 3 rings (SSSR count). The molecule has 1 saturated heterocycles. The zero-order chi connectivity index (χ0) is 20.5. The third-order valence-electron chi connectivity index (χ3n) is 5.44. The van der Waals surface area contributed by atoms with Crippen LogP contribution in [-0.2, 0) is 6.18 Å². The second kappa shape index (κ2) is 7.83. The molecule has 0 bridgehead atoms. The van der Waals surface area contributed by atoms with Crippen LogP contribution in [0.25, 0.3) is 0 Å². The van der Waals surface area contributed by atoms with Crippen LogP contribution in [0.2, 0.25) is 0 Å². The summed E-state index contributed by atoms with van der Waals surface area (Å²) in [5.41, 5.74) is 0.230. The first kappa shape index (κ1) is 20.2. The second-order valence-corrected chi connectivity index (χ2v) is 7.51. The molecule has 28 heavy (non-hydrogen) atoms. The van der Waals surface area contributed by atoms with Crippen LogP contribution >= 0.6 is 0 Å². The minimum absolute atomic E-state index is 0.0834. The van der Waals surface area contributed by atoms with E-state index in [1.165, 1.54) is 23.3 Å². The van der Waals surface area contributed by atoms with Crippen LogP contribution in [0.4, 0.5) is 23.2 Å². The molecule has 2 aromatic carbocycles. The van der Waals surface area contributed by atoms with Crippen molar-refractivity contribution in [3.63, 3.8) is 0 Å². The van der Waals surface area contributed by atoms with Crippen molar-refractivity contribution in [3.8, 4) is 6.07 Å². The molecule has 1 fully saturated rings. The summed E-state index contributed by atoms with van der Waals surface area (Å²) in [7, 11) is 0. The van der Waals surface area contributed by atoms with Crippen molar-refractivity contribution >= 4 is 5.69 Å². The number of rotatable bonds is 3. The Hall–Kier alpha value is -2.55. The maximum Gasteiger partial charge on any atom is 0.420 e. The van der Waals surface area contributed by atoms with Crippen molar-refractivity contribution in [3.05, 3.63) is 64.5 Å². The molecule has 0 unspecified atom stereocenters. The fourth-order valence-corrected chi connectivity index (χ4v) is 3.79. The summed E-state index contributed by atoms with van der Waals surface area (Å²) in [5, 5.41) is 8.89. The Bertz CT molecular complexity index is 871. The predicted molar refractivity (Wildman–Crippen MR) is 101 cm³/mol. The van der Waals surface area contributed by atoms with Gasteiger partial charge in [0.25, 0.3) is 0 Å². The molecule has 0 saturated carbocycles. The van der Waals surface area contributed by atoms with E-state index in [9.17, 15) is 17.6 Å². The molecular formula is C22H22F4N2. The molecule has 0 N–H and O–H groups in total. The first-order valence-corrected chi connectivity index (χ1v) is 9.37. The Labute approximate surface area is 162 Å². The Morgan fingerprint density at radius 2 is 1.64 bits per heavy atom. The lowest BCUT2D eigenvalue weighted by atomic mass is 9.88. The van der Waals surface area contributed by atoms with Gasteiger partial charge in [0.05, 0.1) is 17.3 Å². The van der Waals surface area contributed by atoms with E-state index >= 15 is 0 Å². The zero-order valence-electron chi connectivity index (χ0n) is 15.9. The van der Waals surface area contributed by atoms with Gasteiger partial charge in [-0.2, -0.15) is 18.4 Å². The van der Waals surface area contributed by atoms with E-state index in [0.717, 1.165) is 18.9 Å². The van der Waals surface area contributed by atoms with E-state index in [1.54, 1.807) is 4.90 Å². The number of nitriles is 1. The molecule has 0 atom stereocenters. The average Bonchev–Trinajstić information content (AvgIpc) is 2.67. The summed E-state index contributed by atoms with van der Waals surface area (Å²) in [5.74, 6) is -0.592. The topological polar surface area (TPSA) is 27.0 Å². The van der Waals surface area contributed by atoms with Gasteiger partial charge < -0.3 is 4.90 Å². The van der Waals surface area contributed by atoms with E-state index in [1.807, 2.05) is 0 Å². The molecule has 1 heterocycles. The van der Waals surface area contributed by atoms with E-state index in [4.69, 9.17) is 5.26 Å². The maximum absolute atomic E-state index is 14.6. The zero-order valence-corrected chi connectivity index (χ0v) is 15.9. The molecule has 1 aliphatic heterocycles. The number of piperidine rings is 1. The van der Waals surface area contributed by atoms with Crippen molar-refractivity contribution in [1.82, 2.24) is 0 Å². The minimum Gasteiger partial charge on any atom is -0.369 e. The fraction of sp³-hybridized carbons (Fsp3) is 0.409. The van der Waals surface area contributed by atoms with Crippen molar-refractivity contribution in [2.45, 2.75) is 44.7 Å². The van der Waals surface area contributed by atoms with Gasteiger partial charge in [-0.05, 0) is 47.9 Å². The normalized spacial score (nSPS) is 15.7. The van der Waals surface area contributed by atoms with Crippen molar-refractivity contribution < 1.29 is 17.6 Å². The Morgan fingerprint density at radius 3 is 2.14 bits per heavy atom. The standard InChI is InChI=1S/C22H22F4N2/c1-14(2)15-3-5-16(6-4-15)17-9-11-28(12-10-17)19-8-7-18(13-27)20(21(19)23)22(24,25)26/h3-8,14,17H,9-12H2,1-2H3. The van der Waals surface area contributed by atoms with Gasteiger partial charge in [0.15, 0.2) is 5.82 Å². The smallest absolute Gasteiger partial charge is 0.369 e. The Balaban J connectivity index is 1.77. The SMILES string of the molecule is CC(C)c1ccc(C2CCN(c3ccc(C#N)c(C(F)(F)F)c3F)CC2)cc1. The van der Waals surface area contributed by atoms with Gasteiger partial charge in [-0.15, -0.1) is 0 Å². The molecule has 0 aliphatic carbocycles. The van der Waals surface area contributed by atoms with Crippen LogP contribution in [-0.4, -0.2) is 13.1 Å². The summed E-state index contributed by atoms with van der Waals surface area (Å²) in [6.07, 6.45) is -3.43. The first-order chi connectivity index (χ1) is 13.2. The quantitative estimate of drug-likeness (QED) is 0.582. The summed E-state index contributed by atoms with van der Waals surface area (Å²) in [4.78, 5) is 1.64. The first-order valence-electron chi connectivity index (χ1n) is 9.37. The van der Waals surface area contributed by atoms with Crippen LogP contribution in [0.1, 0.15) is 60.8 Å². The van der Waals surface area contributed by atoms with Crippen molar-refractivity contribution in [2.75, 3.05) is 18.0 Å². The molecule has 2 aromatic rings. The van der Waals surface area contributed by atoms with Gasteiger partial charge in [0, 0.05) is 13.1 Å². The number of benzene rings is 2. The van der Waals surface area contributed by atoms with Gasteiger partial charge >= 0.3 is 6.18 Å². The second-order valence-electron chi connectivity index (χ2n) is 7.51. The van der Waals surface area contributed by atoms with Gasteiger partial charge in [-0.1, -0.05) is 38.1 Å². The highest BCUT2D eigenvalue weighted by Gasteiger charge is 2.39. The maximum atomic E-state index is 14.6. The number of anilines is 1. The minimum atomic E-state index is -4.90. The molecule has 0 spiro atoms. The molecule has 1 aliphatic rings. The summed E-state index contributed by atoms with van der Waals surface area (Å²) >= 11 is 0. The molecular weight excluding hydrogens is 368 g/mol. The highest BCUT2D eigenvalue weighted by molar-refractivity contribution is 5.56. The van der Waals surface area contributed by atoms with Gasteiger partial charge in [-0.25, -0.2) is 4.39 Å². The van der Waals surface area contributed by atoms with Crippen molar-refractivity contribution in [1.29, 1.82) is 5.26 Å². The molecule has 0 amide bonds.